The maximum Gasteiger partial charge on any atom is 0.313 e. The Morgan fingerprint density at radius 3 is 2.10 bits per heavy atom. The van der Waals surface area contributed by atoms with Gasteiger partial charge in [0.05, 0.1) is 179 Å². The third-order valence-corrected chi connectivity index (χ3v) is 15.6. The van der Waals surface area contributed by atoms with Crippen molar-refractivity contribution in [2.24, 2.45) is 0 Å². The second kappa shape index (κ2) is 38.7. The molecule has 2 saturated heterocycles. The summed E-state index contributed by atoms with van der Waals surface area (Å²) in [6.45, 7) is 5.87. The largest absolute Gasteiger partial charge is 0.494 e. The van der Waals surface area contributed by atoms with Crippen molar-refractivity contribution in [2.75, 3.05) is 156 Å². The number of hydrogen-bond donors (Lipinski definition) is 5. The highest BCUT2D eigenvalue weighted by atomic mass is 19.1. The number of rotatable bonds is 42. The predicted molar refractivity (Wildman–Crippen MR) is 344 cm³/mol. The van der Waals surface area contributed by atoms with Crippen LogP contribution in [0.15, 0.2) is 79.3 Å². The molecule has 99 heavy (non-hydrogen) atoms. The molecule has 2 fully saturated rings. The molecule has 0 radical (unpaired) electrons. The van der Waals surface area contributed by atoms with Crippen molar-refractivity contribution in [3.05, 3.63) is 125 Å². The molecule has 0 bridgehead atoms. The van der Waals surface area contributed by atoms with Crippen LogP contribution in [-0.4, -0.2) is 246 Å². The number of anilines is 2. The number of esters is 1. The van der Waals surface area contributed by atoms with Gasteiger partial charge in [0.2, 0.25) is 11.6 Å². The molecule has 530 valence electrons. The summed E-state index contributed by atoms with van der Waals surface area (Å²) in [4.78, 5) is 77.4. The van der Waals surface area contributed by atoms with Crippen LogP contribution >= 0.6 is 0 Å². The van der Waals surface area contributed by atoms with E-state index in [2.05, 4.69) is 61.8 Å². The number of nitriles is 1. The Morgan fingerprint density at radius 2 is 1.44 bits per heavy atom. The van der Waals surface area contributed by atoms with Crippen molar-refractivity contribution in [1.29, 1.82) is 5.26 Å². The zero-order chi connectivity index (χ0) is 69.7. The fraction of sp³-hybridized carbons (Fsp3) is 0.477. The first-order valence-electron chi connectivity index (χ1n) is 32.1. The molecule has 7 heterocycles. The van der Waals surface area contributed by atoms with Crippen LogP contribution in [0.25, 0.3) is 22.3 Å². The number of hydrogen-bond acceptors (Lipinski definition) is 26. The molecule has 2 aromatic carbocycles. The Labute approximate surface area is 566 Å². The first-order chi connectivity index (χ1) is 48.4. The number of methoxy groups -OCH3 is 1. The molecule has 9 rings (SSSR count). The lowest BCUT2D eigenvalue weighted by atomic mass is 9.93. The van der Waals surface area contributed by atoms with Crippen LogP contribution in [0.3, 0.4) is 0 Å². The van der Waals surface area contributed by atoms with Crippen LogP contribution in [0.2, 0.25) is 0 Å². The van der Waals surface area contributed by atoms with E-state index >= 15 is 0 Å². The van der Waals surface area contributed by atoms with Crippen molar-refractivity contribution < 1.29 is 89.9 Å². The molecule has 0 saturated carbocycles. The van der Waals surface area contributed by atoms with Crippen molar-refractivity contribution in [3.8, 4) is 23.4 Å². The first-order valence-corrected chi connectivity index (χ1v) is 32.1. The molecule has 34 heteroatoms. The summed E-state index contributed by atoms with van der Waals surface area (Å²) in [5.41, 5.74) is 3.94. The molecule has 7 aromatic rings. The number of pyridine rings is 1. The van der Waals surface area contributed by atoms with Gasteiger partial charge in [-0.25, -0.2) is 37.8 Å². The number of aromatic amines is 1. The summed E-state index contributed by atoms with van der Waals surface area (Å²) in [6, 6.07) is 11.6. The van der Waals surface area contributed by atoms with Crippen molar-refractivity contribution in [1.82, 2.24) is 59.9 Å². The summed E-state index contributed by atoms with van der Waals surface area (Å²) in [6.07, 6.45) is 8.43. The van der Waals surface area contributed by atoms with E-state index in [1.807, 2.05) is 35.2 Å². The lowest BCUT2D eigenvalue weighted by molar-refractivity contribution is -0.136. The van der Waals surface area contributed by atoms with Crippen molar-refractivity contribution in [3.63, 3.8) is 0 Å². The maximum atomic E-state index is 13.9. The minimum Gasteiger partial charge on any atom is -0.494 e. The number of aliphatic hydroxyl groups excluding tert-OH is 2. The maximum absolute atomic E-state index is 13.9. The standard InChI is InChI=1S/C65H78F3N15O16/c1-90-54-36-72-63(57-56(54)51(35-71-57)58(87)65(89)80-12-7-44(8-13-80)50(34-69)43-5-3-2-4-6-43)83-42-75-61(78-83)64(88)76-46-33-48(39-85)82(38-46)62-49(9-15-84)60(73-41-74-62)70-11-17-92-20-23-95-27-28-97-29-30-98-40-47-37-81(79-77-47)14-18-93-21-24-96-26-25-94-22-19-91-16-10-55(86)99-59-52(67)31-45(66)32-53(59)68/h2-6,31-32,35-37,41-42,46,48,71,84-85H,7-30,33,38-40H2,1H3,(H,76,88)(H,70,73,74)/t46-,48-/m0/s1. The van der Waals surface area contributed by atoms with E-state index in [1.165, 1.54) is 41.7 Å². The number of nitrogens with zero attached hydrogens (tertiary/aromatic N) is 12. The molecule has 2 aliphatic rings. The Kier molecular flexibility index (Phi) is 28.8. The van der Waals surface area contributed by atoms with Gasteiger partial charge in [0, 0.05) is 69.1 Å². The Hall–Kier alpha value is -9.41. The summed E-state index contributed by atoms with van der Waals surface area (Å²) >= 11 is 0. The van der Waals surface area contributed by atoms with Gasteiger partial charge in [-0.3, -0.25) is 19.2 Å². The number of allylic oxidation sites excluding steroid dienone is 1. The number of Topliss-reactive ketones (excluding diaryl/α,β-unsaturated/α-hetero) is 1. The van der Waals surface area contributed by atoms with E-state index in [9.17, 15) is 47.8 Å². The summed E-state index contributed by atoms with van der Waals surface area (Å²) in [5, 5.41) is 49.8. The average molecular weight is 1380 g/mol. The van der Waals surface area contributed by atoms with Crippen LogP contribution in [0.5, 0.6) is 11.5 Å². The van der Waals surface area contributed by atoms with Gasteiger partial charge in [-0.15, -0.1) is 10.2 Å². The number of piperidine rings is 1. The molecule has 2 aliphatic heterocycles. The molecular formula is C65H78F3N15O16. The van der Waals surface area contributed by atoms with E-state index in [-0.39, 0.29) is 100 Å². The number of aliphatic hydroxyl groups is 2. The molecule has 5 N–H and O–H groups in total. The number of carbonyl (C=O) groups excluding carboxylic acids is 4. The number of ether oxygens (including phenoxy) is 10. The zero-order valence-electron chi connectivity index (χ0n) is 54.5. The van der Waals surface area contributed by atoms with Crippen molar-refractivity contribution >= 4 is 51.7 Å². The second-order valence-electron chi connectivity index (χ2n) is 22.2. The van der Waals surface area contributed by atoms with Crippen LogP contribution in [0, 0.1) is 28.8 Å². The van der Waals surface area contributed by atoms with Gasteiger partial charge in [0.15, 0.2) is 17.5 Å². The van der Waals surface area contributed by atoms with Crippen molar-refractivity contribution in [2.45, 2.75) is 57.3 Å². The molecule has 31 nitrogen and oxygen atoms in total. The smallest absolute Gasteiger partial charge is 0.313 e. The topological polar surface area (TPSA) is 371 Å². The molecule has 0 aliphatic carbocycles. The van der Waals surface area contributed by atoms with Crippen LogP contribution in [-0.2, 0) is 67.1 Å². The van der Waals surface area contributed by atoms with Gasteiger partial charge in [-0.2, -0.15) is 9.94 Å². The highest BCUT2D eigenvalue weighted by molar-refractivity contribution is 6.45. The summed E-state index contributed by atoms with van der Waals surface area (Å²) in [7, 11) is 1.42. The van der Waals surface area contributed by atoms with E-state index in [4.69, 9.17) is 42.6 Å². The molecule has 2 atom stereocenters. The number of H-pyrrole nitrogens is 1. The number of fused-ring (bicyclic) bond motifs is 1. The highest BCUT2D eigenvalue weighted by Crippen LogP contribution is 2.34. The Morgan fingerprint density at radius 1 is 0.788 bits per heavy atom. The number of nitrogens with one attached hydrogen (secondary N) is 3. The second-order valence-corrected chi connectivity index (χ2v) is 22.2. The van der Waals surface area contributed by atoms with Crippen LogP contribution in [0.4, 0.5) is 24.8 Å². The van der Waals surface area contributed by atoms with Gasteiger partial charge in [0.1, 0.15) is 41.6 Å². The first kappa shape index (κ1) is 73.8. The molecule has 2 amide bonds. The van der Waals surface area contributed by atoms with Gasteiger partial charge >= 0.3 is 5.97 Å². The number of benzene rings is 2. The van der Waals surface area contributed by atoms with E-state index in [1.54, 1.807) is 10.9 Å². The SMILES string of the molecule is COc1cnc(-n2cnc(C(=O)N[C@H]3C[C@@H](CO)N(c4ncnc(NCCOCCOCCOCCOCc5cn(CCOCCOCCOCCOCCC(=O)Oc6c(F)cc(F)cc6F)nn5)c4CCO)C3)n2)c2[nH]cc(C(=O)C(=O)N3CCC(=C(C#N)c4ccccc4)CC3)c12. The number of likely N-dealkylation sites (tertiary alicyclic amines) is 1. The van der Waals surface area contributed by atoms with E-state index in [0.29, 0.717) is 158 Å². The average Bonchev–Trinajstić information content (AvgIpc) is 1.64. The van der Waals surface area contributed by atoms with E-state index in [0.717, 1.165) is 11.1 Å². The number of halogens is 3. The number of amides is 2. The zero-order valence-corrected chi connectivity index (χ0v) is 54.5. The third kappa shape index (κ3) is 21.1. The van der Waals surface area contributed by atoms with Gasteiger partial charge in [-0.1, -0.05) is 35.5 Å². The summed E-state index contributed by atoms with van der Waals surface area (Å²) in [5.74, 6) is -6.53. The molecule has 0 spiro atoms. The monoisotopic (exact) mass is 1380 g/mol. The Bertz CT molecular complexity index is 3820. The summed E-state index contributed by atoms with van der Waals surface area (Å²) < 4.78 is 97.8. The molecular weight excluding hydrogens is 1300 g/mol. The minimum atomic E-state index is -1.32. The van der Waals surface area contributed by atoms with Gasteiger partial charge in [-0.05, 0) is 30.4 Å². The highest BCUT2D eigenvalue weighted by Gasteiger charge is 2.37. The normalized spacial score (nSPS) is 14.6. The van der Waals surface area contributed by atoms with E-state index < -0.39 is 58.9 Å². The predicted octanol–water partition coefficient (Wildman–Crippen LogP) is 3.38. The number of carbonyl (C=O) groups is 4. The van der Waals surface area contributed by atoms with Crippen LogP contribution in [0.1, 0.15) is 63.5 Å². The van der Waals surface area contributed by atoms with Gasteiger partial charge < -0.3 is 83.0 Å². The quantitative estimate of drug-likeness (QED) is 0.00914. The lowest BCUT2D eigenvalue weighted by Gasteiger charge is -2.28. The fourth-order valence-electron chi connectivity index (χ4n) is 10.8. The molecule has 0 unspecified atom stereocenters. The molecule has 5 aromatic heterocycles. The third-order valence-electron chi connectivity index (χ3n) is 15.6. The fourth-order valence-corrected chi connectivity index (χ4v) is 10.8. The number of aromatic nitrogens is 10. The van der Waals surface area contributed by atoms with Crippen LogP contribution < -0.4 is 25.0 Å². The Balaban J connectivity index is 0.603. The lowest BCUT2D eigenvalue weighted by Crippen LogP contribution is -2.40. The van der Waals surface area contributed by atoms with Gasteiger partial charge in [0.25, 0.3) is 17.6 Å². The minimum absolute atomic E-state index is 0.0595. The number of ketones is 1.